The Morgan fingerprint density at radius 1 is 1.00 bits per heavy atom. The van der Waals surface area contributed by atoms with Crippen LogP contribution in [0.4, 0.5) is 17.3 Å². The molecule has 0 saturated heterocycles. The van der Waals surface area contributed by atoms with Crippen LogP contribution in [0.25, 0.3) is 0 Å². The lowest BCUT2D eigenvalue weighted by Crippen LogP contribution is -2.34. The van der Waals surface area contributed by atoms with Gasteiger partial charge in [0.25, 0.3) is 0 Å². The fourth-order valence-electron chi connectivity index (χ4n) is 1.90. The molecule has 0 spiro atoms. The van der Waals surface area contributed by atoms with E-state index in [9.17, 15) is 17.3 Å². The van der Waals surface area contributed by atoms with Crippen molar-refractivity contribution < 1.29 is 22.1 Å². The summed E-state index contributed by atoms with van der Waals surface area (Å²) in [6.45, 7) is -2.75. The highest BCUT2D eigenvalue weighted by Crippen LogP contribution is 2.19. The molecule has 0 unspecified atom stereocenters. The maximum Gasteiger partial charge on any atom is 0.509 e. The van der Waals surface area contributed by atoms with E-state index in [0.29, 0.717) is 0 Å². The third kappa shape index (κ3) is 5.84. The lowest BCUT2D eigenvalue weighted by molar-refractivity contribution is 0.290. The summed E-state index contributed by atoms with van der Waals surface area (Å²) < 4.78 is 56.1. The predicted octanol–water partition coefficient (Wildman–Crippen LogP) is 4.62. The first kappa shape index (κ1) is 16.9. The van der Waals surface area contributed by atoms with Crippen molar-refractivity contribution in [2.45, 2.75) is 45.4 Å². The monoisotopic (exact) mass is 291 g/mol. The zero-order valence-corrected chi connectivity index (χ0v) is 11.7. The van der Waals surface area contributed by atoms with E-state index in [0.717, 1.165) is 50.3 Å². The van der Waals surface area contributed by atoms with Crippen LogP contribution >= 0.6 is 0 Å². The van der Waals surface area contributed by atoms with Crippen LogP contribution in [-0.2, 0) is 0 Å². The molecule has 1 aromatic rings. The molecule has 0 aromatic heterocycles. The van der Waals surface area contributed by atoms with E-state index < -0.39 is 18.3 Å². The average Bonchev–Trinajstić information content (AvgIpc) is 2.38. The second-order valence-corrected chi connectivity index (χ2v) is 4.88. The highest BCUT2D eigenvalue weighted by atomic mass is 19.4. The molecular formula is C14H20BF4O-. The van der Waals surface area contributed by atoms with Gasteiger partial charge in [-0.1, -0.05) is 45.1 Å². The molecule has 1 rings (SSSR count). The van der Waals surface area contributed by atoms with E-state index >= 15 is 0 Å². The quantitative estimate of drug-likeness (QED) is 0.366. The molecule has 0 heterocycles. The molecule has 20 heavy (non-hydrogen) atoms. The summed E-state index contributed by atoms with van der Waals surface area (Å²) in [5, 5.41) is 0. The van der Waals surface area contributed by atoms with Crippen molar-refractivity contribution in [1.82, 2.24) is 0 Å². The van der Waals surface area contributed by atoms with Crippen LogP contribution in [0.3, 0.4) is 0 Å². The van der Waals surface area contributed by atoms with E-state index in [1.807, 2.05) is 0 Å². The van der Waals surface area contributed by atoms with Crippen molar-refractivity contribution in [2.75, 3.05) is 6.61 Å². The summed E-state index contributed by atoms with van der Waals surface area (Å²) in [5.41, 5.74) is -0.829. The van der Waals surface area contributed by atoms with Crippen LogP contribution in [0, 0.1) is 5.82 Å². The number of hydrogen-bond donors (Lipinski definition) is 0. The van der Waals surface area contributed by atoms with E-state index in [-0.39, 0.29) is 12.4 Å². The number of rotatable bonds is 9. The Balaban J connectivity index is 2.40. The first-order chi connectivity index (χ1) is 9.45. The highest BCUT2D eigenvalue weighted by Gasteiger charge is 2.26. The summed E-state index contributed by atoms with van der Waals surface area (Å²) in [4.78, 5) is 0. The highest BCUT2D eigenvalue weighted by molar-refractivity contribution is 6.73. The number of ether oxygens (including phenoxy) is 1. The van der Waals surface area contributed by atoms with Crippen molar-refractivity contribution in [3.05, 3.63) is 24.0 Å². The third-order valence-corrected chi connectivity index (χ3v) is 3.09. The smallest absolute Gasteiger partial charge is 0.491 e. The lowest BCUT2D eigenvalue weighted by Gasteiger charge is -2.16. The first-order valence-electron chi connectivity index (χ1n) is 7.07. The number of hydrogen-bond acceptors (Lipinski definition) is 1. The Morgan fingerprint density at radius 2 is 1.65 bits per heavy atom. The van der Waals surface area contributed by atoms with Gasteiger partial charge in [0.15, 0.2) is 11.6 Å². The lowest BCUT2D eigenvalue weighted by atomic mass is 9.80. The Hall–Kier alpha value is -1.20. The van der Waals surface area contributed by atoms with Crippen molar-refractivity contribution in [3.8, 4) is 5.75 Å². The molecular weight excluding hydrogens is 271 g/mol. The Kier molecular flexibility index (Phi) is 6.89. The van der Waals surface area contributed by atoms with Gasteiger partial charge in [0.05, 0.1) is 6.61 Å². The van der Waals surface area contributed by atoms with Gasteiger partial charge in [-0.2, -0.15) is 0 Å². The fraction of sp³-hybridized carbons (Fsp3) is 0.571. The molecule has 0 bridgehead atoms. The maximum atomic E-state index is 13.3. The first-order valence-corrected chi connectivity index (χ1v) is 7.07. The second kappa shape index (κ2) is 8.17. The van der Waals surface area contributed by atoms with Gasteiger partial charge < -0.3 is 17.7 Å². The summed E-state index contributed by atoms with van der Waals surface area (Å²) in [7, 11) is 0. The van der Waals surface area contributed by atoms with Gasteiger partial charge in [0, 0.05) is 0 Å². The maximum absolute atomic E-state index is 13.3. The number of halogens is 4. The SMILES string of the molecule is CCCCCCCCOc1cc([B-](F)(F)F)ccc1F. The van der Waals surface area contributed by atoms with Gasteiger partial charge >= 0.3 is 6.98 Å². The van der Waals surface area contributed by atoms with Gasteiger partial charge in [0.2, 0.25) is 0 Å². The van der Waals surface area contributed by atoms with E-state index in [2.05, 4.69) is 6.92 Å². The summed E-state index contributed by atoms with van der Waals surface area (Å²) in [5.74, 6) is -1.06. The zero-order valence-electron chi connectivity index (χ0n) is 11.7. The number of benzene rings is 1. The molecule has 0 aliphatic carbocycles. The minimum atomic E-state index is -5.12. The molecule has 0 N–H and O–H groups in total. The third-order valence-electron chi connectivity index (χ3n) is 3.09. The van der Waals surface area contributed by atoms with Gasteiger partial charge in [-0.05, 0) is 18.6 Å². The molecule has 0 radical (unpaired) electrons. The Morgan fingerprint density at radius 3 is 2.30 bits per heavy atom. The normalized spacial score (nSPS) is 11.7. The molecule has 0 aliphatic rings. The molecule has 114 valence electrons. The molecule has 0 amide bonds. The minimum Gasteiger partial charge on any atom is -0.491 e. The molecule has 6 heteroatoms. The van der Waals surface area contributed by atoms with Gasteiger partial charge in [-0.15, -0.1) is 5.46 Å². The Bertz CT molecular complexity index is 407. The van der Waals surface area contributed by atoms with Crippen LogP contribution in [0.5, 0.6) is 5.75 Å². The van der Waals surface area contributed by atoms with Gasteiger partial charge in [0.1, 0.15) is 0 Å². The summed E-state index contributed by atoms with van der Waals surface area (Å²) >= 11 is 0. The van der Waals surface area contributed by atoms with E-state index in [1.54, 1.807) is 0 Å². The topological polar surface area (TPSA) is 9.23 Å². The Labute approximate surface area is 117 Å². The average molecular weight is 291 g/mol. The zero-order chi connectivity index (χ0) is 15.0. The van der Waals surface area contributed by atoms with Crippen molar-refractivity contribution in [1.29, 1.82) is 0 Å². The standard InChI is InChI=1S/C14H20BF4O/c1-2-3-4-5-6-7-10-20-14-11-12(15(17,18)19)8-9-13(14)16/h8-9,11H,2-7,10H2,1H3/q-1. The van der Waals surface area contributed by atoms with Crippen LogP contribution < -0.4 is 10.2 Å². The summed E-state index contributed by atoms with van der Waals surface area (Å²) in [6.07, 6.45) is 6.25. The molecule has 0 atom stereocenters. The fourth-order valence-corrected chi connectivity index (χ4v) is 1.90. The molecule has 1 nitrogen and oxygen atoms in total. The summed E-state index contributed by atoms with van der Waals surface area (Å²) in [6, 6.07) is 2.29. The van der Waals surface area contributed by atoms with Crippen LogP contribution in [0.1, 0.15) is 45.4 Å². The van der Waals surface area contributed by atoms with Gasteiger partial charge in [-0.3, -0.25) is 0 Å². The van der Waals surface area contributed by atoms with Gasteiger partial charge in [-0.25, -0.2) is 4.39 Å². The minimum absolute atomic E-state index is 0.247. The van der Waals surface area contributed by atoms with Crippen molar-refractivity contribution in [3.63, 3.8) is 0 Å². The molecule has 0 saturated carbocycles. The van der Waals surface area contributed by atoms with Crippen LogP contribution in [0.15, 0.2) is 18.2 Å². The molecule has 1 aromatic carbocycles. The van der Waals surface area contributed by atoms with E-state index in [4.69, 9.17) is 4.74 Å². The van der Waals surface area contributed by atoms with E-state index in [1.165, 1.54) is 6.42 Å². The number of unbranched alkanes of at least 4 members (excludes halogenated alkanes) is 5. The largest absolute Gasteiger partial charge is 0.509 e. The van der Waals surface area contributed by atoms with Crippen molar-refractivity contribution >= 4 is 12.4 Å². The molecule has 0 fully saturated rings. The van der Waals surface area contributed by atoms with Crippen LogP contribution in [-0.4, -0.2) is 13.6 Å². The predicted molar refractivity (Wildman–Crippen MR) is 74.0 cm³/mol. The second-order valence-electron chi connectivity index (χ2n) is 4.88. The van der Waals surface area contributed by atoms with Crippen molar-refractivity contribution in [2.24, 2.45) is 0 Å². The van der Waals surface area contributed by atoms with Crippen LogP contribution in [0.2, 0.25) is 0 Å². The molecule has 0 aliphatic heterocycles.